The van der Waals surface area contributed by atoms with Gasteiger partial charge in [-0.2, -0.15) is 0 Å². The molecular formula is C22H28N2O4. The molecule has 2 N–H and O–H groups in total. The van der Waals surface area contributed by atoms with Crippen molar-refractivity contribution in [1.82, 2.24) is 0 Å². The van der Waals surface area contributed by atoms with Crippen molar-refractivity contribution in [3.63, 3.8) is 0 Å². The van der Waals surface area contributed by atoms with E-state index in [9.17, 15) is 9.59 Å². The molecule has 2 rings (SSSR count). The van der Waals surface area contributed by atoms with E-state index >= 15 is 0 Å². The van der Waals surface area contributed by atoms with Crippen LogP contribution in [0.2, 0.25) is 0 Å². The lowest BCUT2D eigenvalue weighted by atomic mass is 10.0. The number of rotatable bonds is 9. The van der Waals surface area contributed by atoms with Crippen LogP contribution >= 0.6 is 0 Å². The molecule has 0 atom stereocenters. The van der Waals surface area contributed by atoms with E-state index in [1.165, 1.54) is 12.0 Å². The molecule has 0 heterocycles. The summed E-state index contributed by atoms with van der Waals surface area (Å²) in [5, 5.41) is 0. The van der Waals surface area contributed by atoms with Crippen LogP contribution in [0.4, 0.5) is 5.69 Å². The van der Waals surface area contributed by atoms with Gasteiger partial charge in [-0.05, 0) is 42.2 Å². The molecule has 0 spiro atoms. The lowest BCUT2D eigenvalue weighted by Crippen LogP contribution is -2.37. The fraction of sp³-hybridized carbons (Fsp3) is 0.364. The average molecular weight is 384 g/mol. The molecule has 0 unspecified atom stereocenters. The fourth-order valence-electron chi connectivity index (χ4n) is 2.92. The molecule has 2 aromatic rings. The van der Waals surface area contributed by atoms with Gasteiger partial charge in [0.2, 0.25) is 5.91 Å². The van der Waals surface area contributed by atoms with Crippen molar-refractivity contribution in [2.24, 2.45) is 5.73 Å². The maximum atomic E-state index is 13.0. The first-order valence-electron chi connectivity index (χ1n) is 9.28. The summed E-state index contributed by atoms with van der Waals surface area (Å²) < 4.78 is 11.2. The van der Waals surface area contributed by atoms with Crippen LogP contribution in [-0.2, 0) is 9.59 Å². The summed E-state index contributed by atoms with van der Waals surface area (Å²) in [6.45, 7) is 6.14. The van der Waals surface area contributed by atoms with Gasteiger partial charge in [0.25, 0.3) is 5.91 Å². The molecule has 0 aromatic heterocycles. The van der Waals surface area contributed by atoms with E-state index in [0.717, 1.165) is 11.1 Å². The topological polar surface area (TPSA) is 81.9 Å². The predicted octanol–water partition coefficient (Wildman–Crippen LogP) is 3.41. The molecule has 0 aliphatic carbocycles. The third-order valence-corrected chi connectivity index (χ3v) is 4.40. The van der Waals surface area contributed by atoms with Gasteiger partial charge in [0.1, 0.15) is 11.5 Å². The lowest BCUT2D eigenvalue weighted by molar-refractivity contribution is -0.120. The van der Waals surface area contributed by atoms with E-state index in [-0.39, 0.29) is 31.4 Å². The molecule has 2 amide bonds. The van der Waals surface area contributed by atoms with Crippen LogP contribution in [0.5, 0.6) is 11.5 Å². The summed E-state index contributed by atoms with van der Waals surface area (Å²) in [7, 11) is 1.54. The number of nitrogens with two attached hydrogens (primary N) is 1. The monoisotopic (exact) mass is 384 g/mol. The van der Waals surface area contributed by atoms with Gasteiger partial charge in [0, 0.05) is 13.0 Å². The number of ether oxygens (including phenoxy) is 2. The highest BCUT2D eigenvalue weighted by Crippen LogP contribution is 2.30. The molecule has 0 radical (unpaired) electrons. The van der Waals surface area contributed by atoms with Crippen molar-refractivity contribution in [3.8, 4) is 11.5 Å². The third kappa shape index (κ3) is 5.49. The molecule has 0 bridgehead atoms. The number of primary amides is 1. The molecule has 0 saturated carbocycles. The van der Waals surface area contributed by atoms with Crippen LogP contribution in [0, 0.1) is 6.92 Å². The van der Waals surface area contributed by atoms with Crippen molar-refractivity contribution in [3.05, 3.63) is 53.6 Å². The van der Waals surface area contributed by atoms with Crippen molar-refractivity contribution in [1.29, 1.82) is 0 Å². The second kappa shape index (κ2) is 9.78. The number of amides is 2. The first-order valence-corrected chi connectivity index (χ1v) is 9.28. The summed E-state index contributed by atoms with van der Waals surface area (Å²) in [4.78, 5) is 25.7. The van der Waals surface area contributed by atoms with Crippen molar-refractivity contribution < 1.29 is 19.1 Å². The third-order valence-electron chi connectivity index (χ3n) is 4.40. The number of benzene rings is 2. The minimum absolute atomic E-state index is 0.0471. The Hall–Kier alpha value is -3.02. The van der Waals surface area contributed by atoms with Crippen LogP contribution in [0.15, 0.2) is 42.5 Å². The first-order chi connectivity index (χ1) is 13.3. The number of methoxy groups -OCH3 is 1. The summed E-state index contributed by atoms with van der Waals surface area (Å²) in [6.07, 6.45) is 0.0471. The Morgan fingerprint density at radius 2 is 1.82 bits per heavy atom. The Bertz CT molecular complexity index is 833. The van der Waals surface area contributed by atoms with E-state index in [4.69, 9.17) is 15.2 Å². The molecular weight excluding hydrogens is 356 g/mol. The Morgan fingerprint density at radius 1 is 1.11 bits per heavy atom. The molecule has 2 aromatic carbocycles. The maximum Gasteiger partial charge on any atom is 0.265 e. The molecule has 0 saturated heterocycles. The second-order valence-corrected chi connectivity index (χ2v) is 6.92. The zero-order valence-corrected chi connectivity index (χ0v) is 16.9. The molecule has 0 fully saturated rings. The van der Waals surface area contributed by atoms with Gasteiger partial charge < -0.3 is 20.1 Å². The zero-order chi connectivity index (χ0) is 20.7. The summed E-state index contributed by atoms with van der Waals surface area (Å²) in [5.74, 6) is 0.749. The highest BCUT2D eigenvalue weighted by atomic mass is 16.5. The molecule has 150 valence electrons. The van der Waals surface area contributed by atoms with Crippen LogP contribution < -0.4 is 20.1 Å². The molecule has 6 heteroatoms. The second-order valence-electron chi connectivity index (χ2n) is 6.92. The van der Waals surface area contributed by atoms with E-state index in [2.05, 4.69) is 13.8 Å². The quantitative estimate of drug-likeness (QED) is 0.718. The standard InChI is InChI=1S/C22H28N2O4/c1-15(2)17-10-9-16(3)13-20(17)28-14-22(26)24(12-11-21(23)25)18-7-5-6-8-19(18)27-4/h5-10,13,15H,11-12,14H2,1-4H3,(H2,23,25). The smallest absolute Gasteiger partial charge is 0.265 e. The van der Waals surface area contributed by atoms with E-state index in [1.54, 1.807) is 18.2 Å². The molecule has 28 heavy (non-hydrogen) atoms. The Morgan fingerprint density at radius 3 is 2.46 bits per heavy atom. The SMILES string of the molecule is COc1ccccc1N(CCC(N)=O)C(=O)COc1cc(C)ccc1C(C)C. The Kier molecular flexibility index (Phi) is 7.44. The Balaban J connectivity index is 2.24. The Labute approximate surface area is 166 Å². The normalized spacial score (nSPS) is 10.6. The number of aryl methyl sites for hydroxylation is 1. The minimum atomic E-state index is -0.477. The van der Waals surface area contributed by atoms with Crippen LogP contribution in [-0.4, -0.2) is 32.1 Å². The van der Waals surface area contributed by atoms with Crippen LogP contribution in [0.25, 0.3) is 0 Å². The van der Waals surface area contributed by atoms with Gasteiger partial charge in [0.15, 0.2) is 6.61 Å². The van der Waals surface area contributed by atoms with Gasteiger partial charge in [-0.1, -0.05) is 38.1 Å². The number of carbonyl (C=O) groups is 2. The number of anilines is 1. The van der Waals surface area contributed by atoms with E-state index in [1.807, 2.05) is 31.2 Å². The summed E-state index contributed by atoms with van der Waals surface area (Å²) >= 11 is 0. The van der Waals surface area contributed by atoms with Crippen LogP contribution in [0.1, 0.15) is 37.3 Å². The fourth-order valence-corrected chi connectivity index (χ4v) is 2.92. The number of para-hydroxylation sites is 2. The lowest BCUT2D eigenvalue weighted by Gasteiger charge is -2.24. The number of hydrogen-bond donors (Lipinski definition) is 1. The number of nitrogens with zero attached hydrogens (tertiary/aromatic N) is 1. The highest BCUT2D eigenvalue weighted by molar-refractivity contribution is 5.96. The first kappa shape index (κ1) is 21.3. The minimum Gasteiger partial charge on any atom is -0.495 e. The molecule has 6 nitrogen and oxygen atoms in total. The largest absolute Gasteiger partial charge is 0.495 e. The van der Waals surface area contributed by atoms with Crippen molar-refractivity contribution in [2.45, 2.75) is 33.1 Å². The zero-order valence-electron chi connectivity index (χ0n) is 16.9. The maximum absolute atomic E-state index is 13.0. The van der Waals surface area contributed by atoms with Gasteiger partial charge in [0.05, 0.1) is 12.8 Å². The van der Waals surface area contributed by atoms with Crippen molar-refractivity contribution >= 4 is 17.5 Å². The van der Waals surface area contributed by atoms with Crippen molar-refractivity contribution in [2.75, 3.05) is 25.2 Å². The predicted molar refractivity (Wildman–Crippen MR) is 110 cm³/mol. The number of hydrogen-bond acceptors (Lipinski definition) is 4. The van der Waals surface area contributed by atoms with E-state index in [0.29, 0.717) is 17.2 Å². The molecule has 0 aliphatic heterocycles. The van der Waals surface area contributed by atoms with Gasteiger partial charge in [-0.15, -0.1) is 0 Å². The average Bonchev–Trinajstić information content (AvgIpc) is 2.66. The summed E-state index contributed by atoms with van der Waals surface area (Å²) in [6, 6.07) is 13.1. The highest BCUT2D eigenvalue weighted by Gasteiger charge is 2.21. The summed E-state index contributed by atoms with van der Waals surface area (Å²) in [5.41, 5.74) is 7.96. The molecule has 0 aliphatic rings. The van der Waals surface area contributed by atoms with Crippen LogP contribution in [0.3, 0.4) is 0 Å². The number of carbonyl (C=O) groups excluding carboxylic acids is 2. The van der Waals surface area contributed by atoms with E-state index < -0.39 is 5.91 Å². The van der Waals surface area contributed by atoms with Gasteiger partial charge in [-0.3, -0.25) is 9.59 Å². The van der Waals surface area contributed by atoms with Gasteiger partial charge >= 0.3 is 0 Å². The van der Waals surface area contributed by atoms with Gasteiger partial charge in [-0.25, -0.2) is 0 Å².